The molecule has 0 N–H and O–H groups in total. The van der Waals surface area contributed by atoms with Crippen molar-refractivity contribution in [1.82, 2.24) is 9.80 Å². The van der Waals surface area contributed by atoms with Crippen molar-refractivity contribution in [2.75, 3.05) is 39.3 Å². The fourth-order valence-electron chi connectivity index (χ4n) is 1.44. The molecule has 0 aromatic rings. The minimum absolute atomic E-state index is 0. The van der Waals surface area contributed by atoms with Crippen LogP contribution in [0, 0.1) is 0 Å². The number of hydrogen-bond donors (Lipinski definition) is 0. The molecule has 10 nitrogen and oxygen atoms in total. The molecule has 23 heavy (non-hydrogen) atoms. The van der Waals surface area contributed by atoms with E-state index in [1.165, 1.54) is 0 Å². The average Bonchev–Trinajstić information content (AvgIpc) is 2.22. The van der Waals surface area contributed by atoms with E-state index >= 15 is 0 Å². The average molecular weight is 406 g/mol. The normalized spacial score (nSPS) is 9.30. The van der Waals surface area contributed by atoms with Gasteiger partial charge in [0.05, 0.1) is 23.9 Å². The number of rotatable bonds is 11. The van der Waals surface area contributed by atoms with E-state index in [1.807, 2.05) is 0 Å². The van der Waals surface area contributed by atoms with Crippen LogP contribution in [0.25, 0.3) is 0 Å². The summed E-state index contributed by atoms with van der Waals surface area (Å²) in [6, 6.07) is 0. The number of carbonyl (C=O) groups is 4. The van der Waals surface area contributed by atoms with Gasteiger partial charge in [-0.3, -0.25) is 9.80 Å². The number of nitrogens with zero attached hydrogens (tertiary/aromatic N) is 2. The van der Waals surface area contributed by atoms with Crippen molar-refractivity contribution in [3.8, 4) is 0 Å². The topological polar surface area (TPSA) is 167 Å². The number of carboxylic acid groups (broad SMARTS) is 4. The number of aliphatic carboxylic acids is 4. The Morgan fingerprint density at radius 1 is 0.522 bits per heavy atom. The molecule has 0 aliphatic carbocycles. The van der Waals surface area contributed by atoms with Gasteiger partial charge in [-0.1, -0.05) is 0 Å². The van der Waals surface area contributed by atoms with E-state index in [1.54, 1.807) is 0 Å². The van der Waals surface area contributed by atoms with Gasteiger partial charge in [0.2, 0.25) is 0 Å². The zero-order valence-electron chi connectivity index (χ0n) is 13.4. The molecule has 0 saturated heterocycles. The molecule has 0 aliphatic heterocycles. The maximum atomic E-state index is 10.4. The predicted octanol–water partition coefficient (Wildman–Crippen LogP) is -16.4. The molecule has 0 aliphatic rings. The minimum Gasteiger partial charge on any atom is -0.549 e. The largest absolute Gasteiger partial charge is 1.00 e. The first kappa shape index (κ1) is 33.3. The van der Waals surface area contributed by atoms with Gasteiger partial charge in [0.15, 0.2) is 0 Å². The fourth-order valence-corrected chi connectivity index (χ4v) is 1.44. The first-order valence-corrected chi connectivity index (χ1v) is 5.44. The molecule has 0 aromatic heterocycles. The Balaban J connectivity index is -0.000000602. The molecule has 0 radical (unpaired) electrons. The number of hydrogen-bond acceptors (Lipinski definition) is 10. The van der Waals surface area contributed by atoms with Crippen LogP contribution in [0.15, 0.2) is 0 Å². The van der Waals surface area contributed by atoms with Crippen LogP contribution in [0.2, 0.25) is 0 Å². The first-order valence-electron chi connectivity index (χ1n) is 5.44. The monoisotopic (exact) mass is 405 g/mol. The third kappa shape index (κ3) is 22.7. The van der Waals surface area contributed by atoms with E-state index in [0.717, 1.165) is 9.80 Å². The van der Waals surface area contributed by atoms with Gasteiger partial charge in [-0.15, -0.1) is 0 Å². The minimum atomic E-state index is -1.53. The van der Waals surface area contributed by atoms with Crippen LogP contribution in [0.3, 0.4) is 0 Å². The molecule has 114 valence electrons. The molecule has 0 bridgehead atoms. The Hall–Kier alpha value is 2.71. The Morgan fingerprint density at radius 3 is 0.826 bits per heavy atom. The fraction of sp³-hybridized carbons (Fsp3) is 0.600. The number of carbonyl (C=O) groups excluding carboxylic acids is 4. The van der Waals surface area contributed by atoms with Crippen LogP contribution in [-0.4, -0.2) is 72.9 Å². The summed E-state index contributed by atoms with van der Waals surface area (Å²) in [5, 5.41) is 41.6. The van der Waals surface area contributed by atoms with Crippen molar-refractivity contribution >= 4 is 23.9 Å². The van der Waals surface area contributed by atoms with Crippen molar-refractivity contribution in [2.45, 2.75) is 0 Å². The third-order valence-electron chi connectivity index (χ3n) is 2.14. The van der Waals surface area contributed by atoms with Gasteiger partial charge in [-0.25, -0.2) is 0 Å². The summed E-state index contributed by atoms with van der Waals surface area (Å²) in [5.41, 5.74) is 0. The molecule has 0 aromatic carbocycles. The molecule has 0 fully saturated rings. The molecular weight excluding hydrogens is 393 g/mol. The van der Waals surface area contributed by atoms with Gasteiger partial charge >= 0.3 is 154 Å². The molecule has 0 rings (SSSR count). The molecule has 13 heteroatoms. The molecular formula is C10H12K3N2O8-. The summed E-state index contributed by atoms with van der Waals surface area (Å²) < 4.78 is 0. The zero-order valence-corrected chi connectivity index (χ0v) is 22.8. The Bertz CT molecular complexity index is 328. The summed E-state index contributed by atoms with van der Waals surface area (Å²) in [7, 11) is 0. The maximum Gasteiger partial charge on any atom is 1.00 e. The van der Waals surface area contributed by atoms with E-state index in [9.17, 15) is 39.6 Å². The second-order valence-corrected chi connectivity index (χ2v) is 3.91. The Kier molecular flexibility index (Phi) is 28.2. The predicted molar refractivity (Wildman–Crippen MR) is 52.9 cm³/mol. The van der Waals surface area contributed by atoms with E-state index in [-0.39, 0.29) is 167 Å². The molecule has 0 heterocycles. The summed E-state index contributed by atoms with van der Waals surface area (Å²) in [6.07, 6.45) is 0. The molecule has 0 atom stereocenters. The van der Waals surface area contributed by atoms with Crippen molar-refractivity contribution in [2.24, 2.45) is 0 Å². The van der Waals surface area contributed by atoms with Crippen LogP contribution in [-0.2, 0) is 19.2 Å². The smallest absolute Gasteiger partial charge is 0.549 e. The van der Waals surface area contributed by atoms with Gasteiger partial charge in [-0.05, 0) is 0 Å². The first-order chi connectivity index (χ1) is 9.20. The summed E-state index contributed by atoms with van der Waals surface area (Å²) in [4.78, 5) is 43.4. The van der Waals surface area contributed by atoms with Crippen LogP contribution >= 0.6 is 0 Å². The van der Waals surface area contributed by atoms with E-state index in [2.05, 4.69) is 0 Å². The van der Waals surface area contributed by atoms with Crippen molar-refractivity contribution < 1.29 is 194 Å². The van der Waals surface area contributed by atoms with Gasteiger partial charge in [0.25, 0.3) is 0 Å². The molecule has 0 unspecified atom stereocenters. The van der Waals surface area contributed by atoms with Crippen molar-refractivity contribution in [1.29, 1.82) is 0 Å². The number of carboxylic acids is 4. The summed E-state index contributed by atoms with van der Waals surface area (Å²) >= 11 is 0. The second-order valence-electron chi connectivity index (χ2n) is 3.91. The Labute approximate surface area is 260 Å². The molecule has 0 spiro atoms. The standard InChI is InChI=1S/C10H16N2O8.3K/c13-7(14)3-11(4-8(15)16)1-2-12(5-9(17)18)6-10(19)20;;;/h1-6H2,(H,13,14)(H,15,16)(H,17,18)(H,19,20);;;/q;3*+1/p-4. The van der Waals surface area contributed by atoms with E-state index < -0.39 is 50.1 Å². The molecule has 0 saturated carbocycles. The van der Waals surface area contributed by atoms with Crippen LogP contribution in [0.5, 0.6) is 0 Å². The SMILES string of the molecule is O=C([O-])CN(CCN(CC(=O)[O-])CC(=O)[O-])CC(=O)[O-].[K+].[K+].[K+]. The van der Waals surface area contributed by atoms with Gasteiger partial charge in [-0.2, -0.15) is 0 Å². The third-order valence-corrected chi connectivity index (χ3v) is 2.14. The van der Waals surface area contributed by atoms with Crippen molar-refractivity contribution in [3.05, 3.63) is 0 Å². The molecule has 0 amide bonds. The quantitative estimate of drug-likeness (QED) is 0.301. The van der Waals surface area contributed by atoms with E-state index in [4.69, 9.17) is 0 Å². The Morgan fingerprint density at radius 2 is 0.696 bits per heavy atom. The van der Waals surface area contributed by atoms with Gasteiger partial charge in [0, 0.05) is 39.3 Å². The summed E-state index contributed by atoms with van der Waals surface area (Å²) in [6.45, 7) is -3.25. The van der Waals surface area contributed by atoms with E-state index in [0.29, 0.717) is 0 Å². The van der Waals surface area contributed by atoms with Gasteiger partial charge < -0.3 is 39.6 Å². The second kappa shape index (κ2) is 19.5. The summed E-state index contributed by atoms with van der Waals surface area (Å²) in [5.74, 6) is -6.12. The van der Waals surface area contributed by atoms with Crippen LogP contribution in [0.1, 0.15) is 0 Å². The van der Waals surface area contributed by atoms with Crippen LogP contribution < -0.4 is 175 Å². The zero-order chi connectivity index (χ0) is 15.7. The van der Waals surface area contributed by atoms with Crippen LogP contribution in [0.4, 0.5) is 0 Å². The maximum absolute atomic E-state index is 10.4. The van der Waals surface area contributed by atoms with Gasteiger partial charge in [0.1, 0.15) is 0 Å². The van der Waals surface area contributed by atoms with Crippen molar-refractivity contribution in [3.63, 3.8) is 0 Å².